The van der Waals surface area contributed by atoms with E-state index in [0.717, 1.165) is 16.9 Å². The first-order valence-corrected chi connectivity index (χ1v) is 14.3. The summed E-state index contributed by atoms with van der Waals surface area (Å²) in [6.07, 6.45) is 2.09. The number of Topliss-reactive ketones (excluding diaryl/α,β-unsaturated/α-hetero) is 1. The molecule has 1 saturated heterocycles. The molecular weight excluding hydrogens is 568 g/mol. The average molecular weight is 599 g/mol. The summed E-state index contributed by atoms with van der Waals surface area (Å²) in [7, 11) is 0. The molecule has 2 amide bonds. The number of nitrogens with zero attached hydrogens (tertiary/aromatic N) is 2. The second kappa shape index (κ2) is 13.0. The Hall–Kier alpha value is -5.19. The normalized spacial score (nSPS) is 20.0. The monoisotopic (exact) mass is 598 g/mol. The molecule has 11 heteroatoms. The summed E-state index contributed by atoms with van der Waals surface area (Å²) >= 11 is 0. The van der Waals surface area contributed by atoms with Crippen LogP contribution >= 0.6 is 0 Å². The standard InChI is InChI=1S/C33H30N2O9/c1-20-7-16-26-27(17-20)31(38)34(30(26)37)28(18-21-5-3-2-4-6-21)33(40)43-19-29(36)22-10-14-25(15-11-22)44-32(39)23-8-12-24(13-9-23)35(41)42/h2-6,8-15,20,26-28H,7,16-19H2,1H3. The second-order valence-electron chi connectivity index (χ2n) is 11.1. The quantitative estimate of drug-likeness (QED) is 0.0816. The zero-order valence-corrected chi connectivity index (χ0v) is 23.9. The van der Waals surface area contributed by atoms with E-state index in [9.17, 15) is 34.1 Å². The topological polar surface area (TPSA) is 150 Å². The number of likely N-dealkylation sites (tertiary alicyclic amines) is 1. The summed E-state index contributed by atoms with van der Waals surface area (Å²) in [5.41, 5.74) is 0.864. The van der Waals surface area contributed by atoms with Crippen LogP contribution in [0.5, 0.6) is 5.75 Å². The number of hydrogen-bond donors (Lipinski definition) is 0. The number of ether oxygens (including phenoxy) is 2. The smallest absolute Gasteiger partial charge is 0.343 e. The van der Waals surface area contributed by atoms with Gasteiger partial charge in [0.25, 0.3) is 5.69 Å². The summed E-state index contributed by atoms with van der Waals surface area (Å²) in [4.78, 5) is 76.7. The van der Waals surface area contributed by atoms with Crippen molar-refractivity contribution in [2.45, 2.75) is 38.6 Å². The summed E-state index contributed by atoms with van der Waals surface area (Å²) in [6.45, 7) is 1.43. The number of nitro groups is 1. The average Bonchev–Trinajstić information content (AvgIpc) is 3.27. The Kier molecular flexibility index (Phi) is 8.94. The maximum atomic E-state index is 13.4. The van der Waals surface area contributed by atoms with Gasteiger partial charge < -0.3 is 9.47 Å². The number of rotatable bonds is 10. The van der Waals surface area contributed by atoms with Crippen LogP contribution in [0.3, 0.4) is 0 Å². The summed E-state index contributed by atoms with van der Waals surface area (Å²) < 4.78 is 10.7. The first-order chi connectivity index (χ1) is 21.1. The van der Waals surface area contributed by atoms with Gasteiger partial charge in [0.05, 0.1) is 22.3 Å². The highest BCUT2D eigenvalue weighted by Gasteiger charge is 2.53. The van der Waals surface area contributed by atoms with Gasteiger partial charge in [-0.05, 0) is 67.1 Å². The Morgan fingerprint density at radius 1 is 0.886 bits per heavy atom. The van der Waals surface area contributed by atoms with Crippen molar-refractivity contribution in [2.75, 3.05) is 6.61 Å². The lowest BCUT2D eigenvalue weighted by atomic mass is 9.76. The van der Waals surface area contributed by atoms with Crippen LogP contribution in [0.25, 0.3) is 0 Å². The number of ketones is 1. The van der Waals surface area contributed by atoms with Gasteiger partial charge in [-0.1, -0.05) is 37.3 Å². The van der Waals surface area contributed by atoms with Gasteiger partial charge in [0.1, 0.15) is 11.8 Å². The molecule has 11 nitrogen and oxygen atoms in total. The predicted molar refractivity (Wildman–Crippen MR) is 156 cm³/mol. The molecule has 226 valence electrons. The van der Waals surface area contributed by atoms with Gasteiger partial charge in [-0.25, -0.2) is 9.59 Å². The molecule has 1 aliphatic heterocycles. The number of hydrogen-bond acceptors (Lipinski definition) is 9. The second-order valence-corrected chi connectivity index (χ2v) is 11.1. The van der Waals surface area contributed by atoms with Crippen molar-refractivity contribution in [3.63, 3.8) is 0 Å². The Morgan fingerprint density at radius 2 is 1.52 bits per heavy atom. The first kappa shape index (κ1) is 30.3. The molecule has 1 saturated carbocycles. The van der Waals surface area contributed by atoms with E-state index < -0.39 is 47.1 Å². The molecule has 2 fully saturated rings. The van der Waals surface area contributed by atoms with E-state index in [0.29, 0.717) is 18.8 Å². The van der Waals surface area contributed by atoms with Crippen LogP contribution in [-0.2, 0) is 25.5 Å². The molecule has 5 rings (SSSR count). The molecule has 0 spiro atoms. The van der Waals surface area contributed by atoms with E-state index in [4.69, 9.17) is 9.47 Å². The van der Waals surface area contributed by atoms with Crippen LogP contribution < -0.4 is 4.74 Å². The minimum atomic E-state index is -1.20. The minimum Gasteiger partial charge on any atom is -0.456 e. The fourth-order valence-corrected chi connectivity index (χ4v) is 5.75. The molecule has 3 aromatic carbocycles. The summed E-state index contributed by atoms with van der Waals surface area (Å²) in [6, 6.07) is 18.3. The molecule has 4 atom stereocenters. The molecule has 4 unspecified atom stereocenters. The van der Waals surface area contributed by atoms with Crippen molar-refractivity contribution >= 4 is 35.2 Å². The number of non-ortho nitro benzene ring substituents is 1. The van der Waals surface area contributed by atoms with E-state index in [1.807, 2.05) is 13.0 Å². The molecule has 2 aliphatic rings. The fraction of sp³-hybridized carbons (Fsp3) is 0.303. The molecule has 0 N–H and O–H groups in total. The highest BCUT2D eigenvalue weighted by atomic mass is 16.6. The zero-order valence-electron chi connectivity index (χ0n) is 23.9. The number of imide groups is 1. The van der Waals surface area contributed by atoms with E-state index in [-0.39, 0.29) is 40.8 Å². The molecule has 3 aromatic rings. The zero-order chi connectivity index (χ0) is 31.4. The molecule has 0 radical (unpaired) electrons. The molecular formula is C33H30N2O9. The van der Waals surface area contributed by atoms with Crippen molar-refractivity contribution in [3.05, 3.63) is 106 Å². The van der Waals surface area contributed by atoms with Crippen LogP contribution in [-0.4, -0.2) is 52.0 Å². The molecule has 1 heterocycles. The van der Waals surface area contributed by atoms with Crippen molar-refractivity contribution in [1.82, 2.24) is 4.90 Å². The number of fused-ring (bicyclic) bond motifs is 1. The summed E-state index contributed by atoms with van der Waals surface area (Å²) in [5, 5.41) is 10.8. The van der Waals surface area contributed by atoms with Gasteiger partial charge in [-0.15, -0.1) is 0 Å². The van der Waals surface area contributed by atoms with Gasteiger partial charge in [0, 0.05) is 24.1 Å². The third-order valence-electron chi connectivity index (χ3n) is 8.12. The van der Waals surface area contributed by atoms with E-state index >= 15 is 0 Å². The third-order valence-corrected chi connectivity index (χ3v) is 8.12. The van der Waals surface area contributed by atoms with Gasteiger partial charge in [0.2, 0.25) is 11.8 Å². The van der Waals surface area contributed by atoms with Gasteiger partial charge in [-0.3, -0.25) is 29.4 Å². The molecule has 1 aliphatic carbocycles. The molecule has 0 bridgehead atoms. The lowest BCUT2D eigenvalue weighted by Crippen LogP contribution is -2.48. The van der Waals surface area contributed by atoms with E-state index in [1.165, 1.54) is 48.5 Å². The molecule has 0 aromatic heterocycles. The van der Waals surface area contributed by atoms with Gasteiger partial charge in [-0.2, -0.15) is 0 Å². The largest absolute Gasteiger partial charge is 0.456 e. The Morgan fingerprint density at radius 3 is 2.18 bits per heavy atom. The number of carbonyl (C=O) groups excluding carboxylic acids is 5. The highest BCUT2D eigenvalue weighted by molar-refractivity contribution is 6.08. The lowest BCUT2D eigenvalue weighted by molar-refractivity contribution is -0.384. The third kappa shape index (κ3) is 6.56. The number of esters is 2. The van der Waals surface area contributed by atoms with Crippen LogP contribution in [0.15, 0.2) is 78.9 Å². The van der Waals surface area contributed by atoms with Crippen LogP contribution in [0, 0.1) is 27.9 Å². The highest BCUT2D eigenvalue weighted by Crippen LogP contribution is 2.41. The van der Waals surface area contributed by atoms with Crippen LogP contribution in [0.1, 0.15) is 52.5 Å². The fourth-order valence-electron chi connectivity index (χ4n) is 5.75. The summed E-state index contributed by atoms with van der Waals surface area (Å²) in [5.74, 6) is -3.31. The van der Waals surface area contributed by atoms with Gasteiger partial charge >= 0.3 is 11.9 Å². The van der Waals surface area contributed by atoms with Crippen molar-refractivity contribution < 1.29 is 38.4 Å². The number of nitro benzene ring substituents is 1. The maximum absolute atomic E-state index is 13.4. The van der Waals surface area contributed by atoms with E-state index in [1.54, 1.807) is 24.3 Å². The number of carbonyl (C=O) groups is 5. The Balaban J connectivity index is 1.23. The van der Waals surface area contributed by atoms with Crippen LogP contribution in [0.2, 0.25) is 0 Å². The van der Waals surface area contributed by atoms with E-state index in [2.05, 4.69) is 0 Å². The van der Waals surface area contributed by atoms with Crippen molar-refractivity contribution in [1.29, 1.82) is 0 Å². The lowest BCUT2D eigenvalue weighted by Gasteiger charge is -2.25. The maximum Gasteiger partial charge on any atom is 0.343 e. The predicted octanol–water partition coefficient (Wildman–Crippen LogP) is 4.57. The minimum absolute atomic E-state index is 0.0646. The SMILES string of the molecule is CC1CCC2C(=O)N(C(Cc3ccccc3)C(=O)OCC(=O)c3ccc(OC(=O)c4ccc([N+](=O)[O-])cc4)cc3)C(=O)C2C1. The van der Waals surface area contributed by atoms with Crippen molar-refractivity contribution in [2.24, 2.45) is 17.8 Å². The Bertz CT molecular complexity index is 1590. The van der Waals surface area contributed by atoms with Crippen LogP contribution in [0.4, 0.5) is 5.69 Å². The molecule has 44 heavy (non-hydrogen) atoms. The number of benzene rings is 3. The van der Waals surface area contributed by atoms with Crippen molar-refractivity contribution in [3.8, 4) is 5.75 Å². The first-order valence-electron chi connectivity index (χ1n) is 14.3. The Labute approximate surface area is 252 Å². The van der Waals surface area contributed by atoms with Gasteiger partial charge in [0.15, 0.2) is 12.4 Å². The number of amides is 2.